The zero-order valence-corrected chi connectivity index (χ0v) is 22.7. The average Bonchev–Trinajstić information content (AvgIpc) is 2.87. The monoisotopic (exact) mass is 680 g/mol. The number of alkyl halides is 11. The first-order valence-corrected chi connectivity index (χ1v) is 15.2. The van der Waals surface area contributed by atoms with E-state index in [1.807, 2.05) is 0 Å². The van der Waals surface area contributed by atoms with E-state index in [0.717, 1.165) is 24.3 Å². The Hall–Kier alpha value is -3.19. The molecule has 1 N–H and O–H groups in total. The summed E-state index contributed by atoms with van der Waals surface area (Å²) in [6.07, 6.45) is -25.6. The molecule has 4 nitrogen and oxygen atoms in total. The zero-order chi connectivity index (χ0) is 31.3. The number of hydrogen-bond acceptors (Lipinski definition) is 4. The van der Waals surface area contributed by atoms with Gasteiger partial charge in [0.05, 0.1) is 0 Å². The first-order valence-electron chi connectivity index (χ1n) is 11.6. The topological polar surface area (TPSA) is 47.9 Å². The van der Waals surface area contributed by atoms with Crippen LogP contribution in [-0.2, 0) is 5.21 Å². The summed E-state index contributed by atoms with van der Waals surface area (Å²) in [5.74, 6) is -1.46. The Bertz CT molecular complexity index is 1320. The molecule has 42 heavy (non-hydrogen) atoms. The normalized spacial score (nSPS) is 14.1. The molecule has 0 aliphatic rings. The van der Waals surface area contributed by atoms with E-state index in [1.165, 1.54) is 48.5 Å². The Kier molecular flexibility index (Phi) is 10.6. The van der Waals surface area contributed by atoms with Crippen molar-refractivity contribution in [1.82, 2.24) is 0 Å². The van der Waals surface area contributed by atoms with Gasteiger partial charge in [-0.05, 0) is 0 Å². The molecule has 3 aromatic rings. The molecule has 0 heterocycles. The van der Waals surface area contributed by atoms with E-state index in [-0.39, 0.29) is 22.3 Å². The SMILES string of the molecule is O[C@@H](C[As](Cc1cccc(OC(F)(F)C(F)F)c1)c1cccc(Oc2cccc(OC(F)(F)C(F)F)c2)c1)C(F)(F)F. The van der Waals surface area contributed by atoms with Crippen LogP contribution in [0.2, 0.25) is 5.21 Å². The fourth-order valence-corrected chi connectivity index (χ4v) is 8.40. The van der Waals surface area contributed by atoms with Crippen molar-refractivity contribution >= 4 is 19.0 Å². The van der Waals surface area contributed by atoms with E-state index < -0.39 is 68.7 Å². The molecule has 0 aliphatic carbocycles. The molecule has 0 saturated heterocycles. The van der Waals surface area contributed by atoms with Gasteiger partial charge in [0.15, 0.2) is 0 Å². The molecular weight excluding hydrogens is 660 g/mol. The quantitative estimate of drug-likeness (QED) is 0.152. The zero-order valence-electron chi connectivity index (χ0n) is 20.9. The molecule has 0 radical (unpaired) electrons. The second-order valence-corrected chi connectivity index (χ2v) is 13.4. The molecule has 1 unspecified atom stereocenters. The molecule has 16 heteroatoms. The fraction of sp³-hybridized carbons (Fsp3) is 0.308. The van der Waals surface area contributed by atoms with E-state index in [1.54, 1.807) is 0 Å². The van der Waals surface area contributed by atoms with Crippen LogP contribution in [0.3, 0.4) is 0 Å². The summed E-state index contributed by atoms with van der Waals surface area (Å²) in [5, 5.41) is 8.86. The van der Waals surface area contributed by atoms with Crippen LogP contribution in [0.5, 0.6) is 23.0 Å². The first-order chi connectivity index (χ1) is 19.5. The summed E-state index contributed by atoms with van der Waals surface area (Å²) < 4.78 is 157. The summed E-state index contributed by atoms with van der Waals surface area (Å²) in [5.41, 5.74) is 0.170. The van der Waals surface area contributed by atoms with Gasteiger partial charge in [-0.15, -0.1) is 0 Å². The molecule has 2 atom stereocenters. The first kappa shape index (κ1) is 33.3. The van der Waals surface area contributed by atoms with Crippen molar-refractivity contribution in [3.63, 3.8) is 0 Å². The van der Waals surface area contributed by atoms with Crippen LogP contribution in [0, 0.1) is 0 Å². The Morgan fingerprint density at radius 1 is 0.643 bits per heavy atom. The van der Waals surface area contributed by atoms with E-state index in [0.29, 0.717) is 4.35 Å². The molecule has 0 fully saturated rings. The van der Waals surface area contributed by atoms with Gasteiger partial charge in [0.2, 0.25) is 0 Å². The van der Waals surface area contributed by atoms with E-state index in [9.17, 15) is 53.4 Å². The Labute approximate surface area is 235 Å². The summed E-state index contributed by atoms with van der Waals surface area (Å²) in [7, 11) is 0. The third kappa shape index (κ3) is 9.41. The molecule has 230 valence electrons. The molecule has 0 bridgehead atoms. The van der Waals surface area contributed by atoms with Gasteiger partial charge < -0.3 is 0 Å². The van der Waals surface area contributed by atoms with Gasteiger partial charge in [0.25, 0.3) is 0 Å². The predicted octanol–water partition coefficient (Wildman–Crippen LogP) is 7.36. The van der Waals surface area contributed by atoms with Gasteiger partial charge in [-0.2, -0.15) is 0 Å². The summed E-state index contributed by atoms with van der Waals surface area (Å²) in [4.78, 5) is 0. The molecule has 0 aromatic heterocycles. The van der Waals surface area contributed by atoms with Crippen LogP contribution < -0.4 is 18.6 Å². The number of hydrogen-bond donors (Lipinski definition) is 1. The Morgan fingerprint density at radius 3 is 1.67 bits per heavy atom. The van der Waals surface area contributed by atoms with Gasteiger partial charge in [-0.25, -0.2) is 0 Å². The van der Waals surface area contributed by atoms with Crippen LogP contribution in [0.4, 0.5) is 48.3 Å². The van der Waals surface area contributed by atoms with Crippen molar-refractivity contribution in [3.8, 4) is 23.0 Å². The number of ether oxygens (including phenoxy) is 3. The molecule has 0 aliphatic heterocycles. The number of rotatable bonds is 13. The third-order valence-electron chi connectivity index (χ3n) is 5.28. The van der Waals surface area contributed by atoms with Crippen LogP contribution in [0.25, 0.3) is 0 Å². The second kappa shape index (κ2) is 13.4. The predicted molar refractivity (Wildman–Crippen MR) is 129 cm³/mol. The second-order valence-electron chi connectivity index (χ2n) is 8.59. The van der Waals surface area contributed by atoms with E-state index in [2.05, 4.69) is 9.47 Å². The minimum absolute atomic E-state index is 0.000183. The average molecular weight is 680 g/mol. The van der Waals surface area contributed by atoms with Crippen molar-refractivity contribution in [2.75, 3.05) is 0 Å². The number of aliphatic hydroxyl groups excluding tert-OH is 1. The van der Waals surface area contributed by atoms with Gasteiger partial charge in [0, 0.05) is 0 Å². The van der Waals surface area contributed by atoms with E-state index in [4.69, 9.17) is 4.74 Å². The van der Waals surface area contributed by atoms with Crippen LogP contribution >= 0.6 is 0 Å². The van der Waals surface area contributed by atoms with Gasteiger partial charge in [-0.1, -0.05) is 0 Å². The van der Waals surface area contributed by atoms with Crippen LogP contribution in [0.15, 0.2) is 72.8 Å². The third-order valence-corrected chi connectivity index (χ3v) is 10.6. The summed E-state index contributed by atoms with van der Waals surface area (Å²) >= 11 is -2.99. The molecule has 3 rings (SSSR count). The van der Waals surface area contributed by atoms with Crippen molar-refractivity contribution in [1.29, 1.82) is 0 Å². The van der Waals surface area contributed by atoms with Crippen molar-refractivity contribution in [2.24, 2.45) is 0 Å². The number of aliphatic hydroxyl groups is 1. The van der Waals surface area contributed by atoms with Crippen LogP contribution in [-0.4, -0.2) is 57.1 Å². The van der Waals surface area contributed by atoms with E-state index >= 15 is 0 Å². The van der Waals surface area contributed by atoms with Gasteiger partial charge >= 0.3 is 236 Å². The number of halogens is 11. The van der Waals surface area contributed by atoms with Crippen LogP contribution in [0.1, 0.15) is 5.56 Å². The minimum atomic E-state index is -4.98. The maximum absolute atomic E-state index is 13.3. The molecule has 0 amide bonds. The van der Waals surface area contributed by atoms with Crippen molar-refractivity contribution < 1.29 is 67.6 Å². The van der Waals surface area contributed by atoms with Gasteiger partial charge in [0.1, 0.15) is 0 Å². The molecule has 3 aromatic carbocycles. The molecule has 0 spiro atoms. The van der Waals surface area contributed by atoms with Crippen molar-refractivity contribution in [3.05, 3.63) is 78.4 Å². The Balaban J connectivity index is 1.87. The molecular formula is C26H20AsF11O4. The number of benzene rings is 3. The molecule has 0 saturated carbocycles. The van der Waals surface area contributed by atoms with Crippen molar-refractivity contribution in [2.45, 2.75) is 47.8 Å². The Morgan fingerprint density at radius 2 is 1.12 bits per heavy atom. The standard InChI is InChI=1S/C26H20AsF11O4/c28-22(29)25(35,36)41-19-8-1-4-15(10-19)13-27(14-21(39)24(32,33)34)16-5-2-6-17(11-16)40-18-7-3-9-20(12-18)42-26(37,38)23(30)31/h1-12,21-23,39H,13-14H2/t21-,27?/m0/s1. The maximum atomic E-state index is 13.3. The fourth-order valence-electron chi connectivity index (χ4n) is 3.39. The summed E-state index contributed by atoms with van der Waals surface area (Å²) in [6, 6.07) is 14.3. The summed E-state index contributed by atoms with van der Waals surface area (Å²) in [6.45, 7) is 0. The van der Waals surface area contributed by atoms with Gasteiger partial charge in [-0.3, -0.25) is 0 Å².